The van der Waals surface area contributed by atoms with E-state index in [1.165, 1.54) is 23.1 Å². The average Bonchev–Trinajstić information content (AvgIpc) is 3.14. The van der Waals surface area contributed by atoms with Gasteiger partial charge in [0.25, 0.3) is 5.91 Å². The molecule has 2 aliphatic rings. The topological polar surface area (TPSA) is 66.9 Å². The van der Waals surface area contributed by atoms with Crippen LogP contribution in [-0.4, -0.2) is 41.5 Å². The second-order valence-corrected chi connectivity index (χ2v) is 7.25. The number of esters is 1. The van der Waals surface area contributed by atoms with E-state index in [0.29, 0.717) is 21.3 Å². The lowest BCUT2D eigenvalue weighted by atomic mass is 10.1. The van der Waals surface area contributed by atoms with Gasteiger partial charge in [-0.25, -0.2) is 14.5 Å². The molecule has 6 nitrogen and oxygen atoms in total. The van der Waals surface area contributed by atoms with Crippen molar-refractivity contribution in [2.45, 2.75) is 18.6 Å². The number of carbonyl (C=O) groups excluding carboxylic acids is 3. The van der Waals surface area contributed by atoms with E-state index in [9.17, 15) is 14.4 Å². The lowest BCUT2D eigenvalue weighted by Crippen LogP contribution is -2.36. The Balaban J connectivity index is 1.49. The highest BCUT2D eigenvalue weighted by Crippen LogP contribution is 2.35. The molecular formula is C19H14Cl2N2O4. The molecule has 2 heterocycles. The van der Waals surface area contributed by atoms with Crippen molar-refractivity contribution in [3.63, 3.8) is 0 Å². The van der Waals surface area contributed by atoms with E-state index in [1.807, 2.05) is 0 Å². The second kappa shape index (κ2) is 6.87. The number of carbonyl (C=O) groups is 3. The van der Waals surface area contributed by atoms with Gasteiger partial charge in [-0.15, -0.1) is 0 Å². The third kappa shape index (κ3) is 3.26. The summed E-state index contributed by atoms with van der Waals surface area (Å²) in [4.78, 5) is 40.2. The van der Waals surface area contributed by atoms with Crippen molar-refractivity contribution in [3.05, 3.63) is 64.1 Å². The fraction of sp³-hybridized carbons (Fsp3) is 0.211. The molecule has 0 unspecified atom stereocenters. The summed E-state index contributed by atoms with van der Waals surface area (Å²) in [7, 11) is 0. The van der Waals surface area contributed by atoms with Crippen LogP contribution in [0.25, 0.3) is 0 Å². The number of amides is 3. The first-order valence-corrected chi connectivity index (χ1v) is 9.06. The van der Waals surface area contributed by atoms with E-state index in [1.54, 1.807) is 30.3 Å². The predicted molar refractivity (Wildman–Crippen MR) is 100 cm³/mol. The molecule has 0 aromatic heterocycles. The average molecular weight is 405 g/mol. The summed E-state index contributed by atoms with van der Waals surface area (Å²) >= 11 is 12.0. The quantitative estimate of drug-likeness (QED) is 0.576. The molecule has 0 bridgehead atoms. The van der Waals surface area contributed by atoms with Crippen LogP contribution in [0.5, 0.6) is 0 Å². The van der Waals surface area contributed by atoms with Crippen LogP contribution in [0, 0.1) is 0 Å². The van der Waals surface area contributed by atoms with Crippen molar-refractivity contribution in [2.75, 3.05) is 11.4 Å². The van der Waals surface area contributed by atoms with E-state index in [2.05, 4.69) is 0 Å². The van der Waals surface area contributed by atoms with Gasteiger partial charge in [0.1, 0.15) is 12.1 Å². The molecule has 8 heteroatoms. The van der Waals surface area contributed by atoms with Crippen molar-refractivity contribution in [2.24, 2.45) is 0 Å². The van der Waals surface area contributed by atoms with Gasteiger partial charge in [-0.3, -0.25) is 4.79 Å². The van der Waals surface area contributed by atoms with Gasteiger partial charge in [-0.1, -0.05) is 41.4 Å². The summed E-state index contributed by atoms with van der Waals surface area (Å²) in [6.45, 7) is 0.165. The third-order valence-corrected chi connectivity index (χ3v) is 5.03. The van der Waals surface area contributed by atoms with E-state index in [0.717, 1.165) is 4.90 Å². The molecular weight excluding hydrogens is 391 g/mol. The number of hydrogen-bond acceptors (Lipinski definition) is 4. The molecule has 2 atom stereocenters. The third-order valence-electron chi connectivity index (χ3n) is 4.59. The molecule has 27 heavy (non-hydrogen) atoms. The Bertz CT molecular complexity index is 890. The van der Waals surface area contributed by atoms with Crippen LogP contribution >= 0.6 is 23.2 Å². The first kappa shape index (κ1) is 17.8. The summed E-state index contributed by atoms with van der Waals surface area (Å²) in [5, 5.41) is 0.666. The summed E-state index contributed by atoms with van der Waals surface area (Å²) in [5.41, 5.74) is 0.757. The van der Waals surface area contributed by atoms with Crippen molar-refractivity contribution < 1.29 is 19.1 Å². The number of urea groups is 1. The molecule has 4 rings (SSSR count). The highest BCUT2D eigenvalue weighted by atomic mass is 35.5. The maximum absolute atomic E-state index is 12.8. The van der Waals surface area contributed by atoms with E-state index in [-0.39, 0.29) is 18.9 Å². The highest BCUT2D eigenvalue weighted by Gasteiger charge is 2.52. The Morgan fingerprint density at radius 3 is 2.33 bits per heavy atom. The van der Waals surface area contributed by atoms with Crippen LogP contribution in [-0.2, 0) is 9.53 Å². The van der Waals surface area contributed by atoms with Gasteiger partial charge < -0.3 is 9.64 Å². The number of hydrogen-bond donors (Lipinski definition) is 0. The van der Waals surface area contributed by atoms with Crippen molar-refractivity contribution >= 4 is 46.8 Å². The van der Waals surface area contributed by atoms with E-state index in [4.69, 9.17) is 27.9 Å². The molecule has 2 saturated heterocycles. The van der Waals surface area contributed by atoms with Crippen molar-refractivity contribution in [3.8, 4) is 0 Å². The minimum Gasteiger partial charge on any atom is -0.457 e. The molecule has 3 amide bonds. The lowest BCUT2D eigenvalue weighted by molar-refractivity contribution is -0.119. The van der Waals surface area contributed by atoms with Gasteiger partial charge in [-0.2, -0.15) is 0 Å². The first-order chi connectivity index (χ1) is 12.9. The van der Waals surface area contributed by atoms with Gasteiger partial charge in [0.2, 0.25) is 0 Å². The smallest absolute Gasteiger partial charge is 0.338 e. The molecule has 0 saturated carbocycles. The number of benzene rings is 2. The van der Waals surface area contributed by atoms with Crippen LogP contribution in [0.4, 0.5) is 10.5 Å². The fourth-order valence-corrected chi connectivity index (χ4v) is 3.91. The Kier molecular flexibility index (Phi) is 4.53. The zero-order valence-electron chi connectivity index (χ0n) is 14.0. The van der Waals surface area contributed by atoms with Crippen molar-refractivity contribution in [1.29, 1.82) is 0 Å². The monoisotopic (exact) mass is 404 g/mol. The maximum Gasteiger partial charge on any atom is 0.338 e. The van der Waals surface area contributed by atoms with Gasteiger partial charge in [0.15, 0.2) is 0 Å². The zero-order chi connectivity index (χ0) is 19.1. The zero-order valence-corrected chi connectivity index (χ0v) is 15.5. The Labute approximate surface area is 165 Å². The SMILES string of the molecule is O=C(O[C@@H]1C[C@H]2C(=O)N(c3cc(Cl)cc(Cl)c3)C(=O)N2C1)c1ccccc1. The minimum atomic E-state index is -0.663. The number of rotatable bonds is 3. The first-order valence-electron chi connectivity index (χ1n) is 8.31. The molecule has 0 spiro atoms. The molecule has 2 aromatic carbocycles. The number of halogens is 2. The van der Waals surface area contributed by atoms with E-state index < -0.39 is 24.1 Å². The van der Waals surface area contributed by atoms with Crippen LogP contribution < -0.4 is 4.90 Å². The van der Waals surface area contributed by atoms with Crippen LogP contribution in [0.2, 0.25) is 10.0 Å². The maximum atomic E-state index is 12.8. The van der Waals surface area contributed by atoms with Gasteiger partial charge in [0.05, 0.1) is 17.8 Å². The standard InChI is InChI=1S/C19H14Cl2N2O4/c20-12-6-13(21)8-14(7-12)23-17(24)16-9-15(10-22(16)19(23)26)27-18(25)11-4-2-1-3-5-11/h1-8,15-16H,9-10H2/t15-,16+/m1/s1. The molecule has 2 fully saturated rings. The summed E-state index contributed by atoms with van der Waals surface area (Å²) in [5.74, 6) is -0.850. The van der Waals surface area contributed by atoms with E-state index >= 15 is 0 Å². The molecule has 2 aliphatic heterocycles. The molecule has 138 valence electrons. The fourth-order valence-electron chi connectivity index (χ4n) is 3.40. The molecule has 0 aliphatic carbocycles. The Hall–Kier alpha value is -2.57. The summed E-state index contributed by atoms with van der Waals surface area (Å²) < 4.78 is 5.46. The second-order valence-electron chi connectivity index (χ2n) is 6.38. The summed E-state index contributed by atoms with van der Waals surface area (Å²) in [6, 6.07) is 12.0. The summed E-state index contributed by atoms with van der Waals surface area (Å²) in [6.07, 6.45) is -0.269. The molecule has 2 aromatic rings. The van der Waals surface area contributed by atoms with Crippen LogP contribution in [0.1, 0.15) is 16.8 Å². The highest BCUT2D eigenvalue weighted by molar-refractivity contribution is 6.35. The van der Waals surface area contributed by atoms with Crippen LogP contribution in [0.15, 0.2) is 48.5 Å². The molecule has 0 radical (unpaired) electrons. The number of ether oxygens (including phenoxy) is 1. The Morgan fingerprint density at radius 2 is 1.70 bits per heavy atom. The van der Waals surface area contributed by atoms with Gasteiger partial charge in [0, 0.05) is 16.5 Å². The lowest BCUT2D eigenvalue weighted by Gasteiger charge is -2.18. The number of fused-ring (bicyclic) bond motifs is 1. The molecule has 0 N–H and O–H groups in total. The number of anilines is 1. The Morgan fingerprint density at radius 1 is 1.04 bits per heavy atom. The normalized spacial score (nSPS) is 21.6. The predicted octanol–water partition coefficient (Wildman–Crippen LogP) is 3.76. The van der Waals surface area contributed by atoms with Gasteiger partial charge in [-0.05, 0) is 30.3 Å². The van der Waals surface area contributed by atoms with Crippen LogP contribution in [0.3, 0.4) is 0 Å². The van der Waals surface area contributed by atoms with Gasteiger partial charge >= 0.3 is 12.0 Å². The van der Waals surface area contributed by atoms with Crippen molar-refractivity contribution in [1.82, 2.24) is 4.90 Å². The largest absolute Gasteiger partial charge is 0.457 e. The minimum absolute atomic E-state index is 0.165. The number of nitrogens with zero attached hydrogens (tertiary/aromatic N) is 2. The number of imide groups is 1.